The number of hydrogen-bond acceptors (Lipinski definition) is 3. The minimum Gasteiger partial charge on any atom is -0.349 e. The number of carbonyl (C=O) groups is 1. The van der Waals surface area contributed by atoms with Crippen LogP contribution in [0.4, 0.5) is 0 Å². The molecule has 5 nitrogen and oxygen atoms in total. The lowest BCUT2D eigenvalue weighted by Gasteiger charge is -2.54. The molecule has 1 aromatic rings. The third-order valence-corrected chi connectivity index (χ3v) is 7.75. The molecule has 0 atom stereocenters. The molecule has 0 unspecified atom stereocenters. The van der Waals surface area contributed by atoms with E-state index in [1.54, 1.807) is 13.0 Å². The third-order valence-electron chi connectivity index (χ3n) is 6.71. The van der Waals surface area contributed by atoms with Gasteiger partial charge in [0.2, 0.25) is 10.0 Å². The van der Waals surface area contributed by atoms with Crippen LogP contribution >= 0.6 is 0 Å². The maximum atomic E-state index is 12.8. The SMILES string of the molecule is Cc1cc(C(=O)NC2C3CC4CC(C3)CC2C4)cc(S(N)(=O)=O)c1C. The van der Waals surface area contributed by atoms with Crippen LogP contribution in [0.3, 0.4) is 0 Å². The molecule has 0 aromatic heterocycles. The second kappa shape index (κ2) is 5.81. The summed E-state index contributed by atoms with van der Waals surface area (Å²) in [5, 5.41) is 8.54. The van der Waals surface area contributed by atoms with Crippen LogP contribution in [0.2, 0.25) is 0 Å². The van der Waals surface area contributed by atoms with Crippen molar-refractivity contribution in [3.8, 4) is 0 Å². The zero-order valence-corrected chi connectivity index (χ0v) is 15.6. The van der Waals surface area contributed by atoms with E-state index in [9.17, 15) is 13.2 Å². The Morgan fingerprint density at radius 3 is 2.12 bits per heavy atom. The Morgan fingerprint density at radius 1 is 1.04 bits per heavy atom. The van der Waals surface area contributed by atoms with Gasteiger partial charge < -0.3 is 5.32 Å². The minimum atomic E-state index is -3.84. The summed E-state index contributed by atoms with van der Waals surface area (Å²) in [5.74, 6) is 2.71. The van der Waals surface area contributed by atoms with Gasteiger partial charge in [-0.1, -0.05) is 0 Å². The molecular weight excluding hydrogens is 336 g/mol. The molecule has 6 heteroatoms. The summed E-state index contributed by atoms with van der Waals surface area (Å²) in [5.41, 5.74) is 1.76. The van der Waals surface area contributed by atoms with Gasteiger partial charge in [0.05, 0.1) is 4.90 Å². The van der Waals surface area contributed by atoms with E-state index in [4.69, 9.17) is 5.14 Å². The molecule has 4 bridgehead atoms. The molecule has 136 valence electrons. The number of nitrogens with one attached hydrogen (secondary N) is 1. The highest BCUT2D eigenvalue weighted by atomic mass is 32.2. The highest BCUT2D eigenvalue weighted by Gasteiger charge is 2.48. The fraction of sp³-hybridized carbons (Fsp3) is 0.632. The summed E-state index contributed by atoms with van der Waals surface area (Å²) in [6.07, 6.45) is 6.30. The van der Waals surface area contributed by atoms with Crippen molar-refractivity contribution in [2.45, 2.75) is 56.9 Å². The van der Waals surface area contributed by atoms with Crippen molar-refractivity contribution < 1.29 is 13.2 Å². The first kappa shape index (κ1) is 17.0. The molecule has 4 aliphatic carbocycles. The first-order valence-corrected chi connectivity index (χ1v) is 10.7. The topological polar surface area (TPSA) is 89.3 Å². The standard InChI is InChI=1S/C19H26N2O3S/c1-10-3-16(9-17(11(10)2)25(20,23)24)19(22)21-18-14-5-12-4-13(7-14)8-15(18)6-12/h3,9,12-15,18H,4-8H2,1-2H3,(H,21,22)(H2,20,23,24). The molecule has 0 radical (unpaired) electrons. The Morgan fingerprint density at radius 2 is 1.60 bits per heavy atom. The molecule has 0 heterocycles. The van der Waals surface area contributed by atoms with Crippen LogP contribution in [0.5, 0.6) is 0 Å². The summed E-state index contributed by atoms with van der Waals surface area (Å²) in [4.78, 5) is 12.9. The van der Waals surface area contributed by atoms with Gasteiger partial charge in [-0.3, -0.25) is 4.79 Å². The molecule has 3 N–H and O–H groups in total. The van der Waals surface area contributed by atoms with E-state index in [1.807, 2.05) is 6.92 Å². The van der Waals surface area contributed by atoms with Gasteiger partial charge in [0.15, 0.2) is 0 Å². The number of primary sulfonamides is 1. The maximum absolute atomic E-state index is 12.8. The lowest BCUT2D eigenvalue weighted by molar-refractivity contribution is -0.0119. The summed E-state index contributed by atoms with van der Waals surface area (Å²) >= 11 is 0. The number of sulfonamides is 1. The van der Waals surface area contributed by atoms with Crippen molar-refractivity contribution in [3.63, 3.8) is 0 Å². The number of amides is 1. The van der Waals surface area contributed by atoms with Crippen molar-refractivity contribution in [2.24, 2.45) is 28.8 Å². The molecule has 4 saturated carbocycles. The number of carbonyl (C=O) groups excluding carboxylic acids is 1. The molecule has 0 aliphatic heterocycles. The number of aryl methyl sites for hydroxylation is 1. The summed E-state index contributed by atoms with van der Waals surface area (Å²) in [7, 11) is -3.84. The van der Waals surface area contributed by atoms with Gasteiger partial charge >= 0.3 is 0 Å². The molecule has 0 spiro atoms. The minimum absolute atomic E-state index is 0.0442. The molecule has 4 fully saturated rings. The predicted octanol–water partition coefficient (Wildman–Crippen LogP) is 2.51. The summed E-state index contributed by atoms with van der Waals surface area (Å²) < 4.78 is 23.6. The van der Waals surface area contributed by atoms with Gasteiger partial charge in [-0.15, -0.1) is 0 Å². The van der Waals surface area contributed by atoms with Crippen molar-refractivity contribution in [2.75, 3.05) is 0 Å². The lowest BCUT2D eigenvalue weighted by Crippen LogP contribution is -2.55. The number of benzene rings is 1. The fourth-order valence-electron chi connectivity index (χ4n) is 5.65. The first-order chi connectivity index (χ1) is 11.7. The Balaban J connectivity index is 1.59. The van der Waals surface area contributed by atoms with E-state index in [2.05, 4.69) is 5.32 Å². The maximum Gasteiger partial charge on any atom is 0.251 e. The smallest absolute Gasteiger partial charge is 0.251 e. The first-order valence-electron chi connectivity index (χ1n) is 9.17. The van der Waals surface area contributed by atoms with Crippen LogP contribution in [0, 0.1) is 37.5 Å². The molecule has 1 amide bonds. The normalized spacial score (nSPS) is 33.5. The van der Waals surface area contributed by atoms with Crippen molar-refractivity contribution >= 4 is 15.9 Å². The molecule has 1 aromatic carbocycles. The van der Waals surface area contributed by atoms with Crippen molar-refractivity contribution in [1.29, 1.82) is 0 Å². The van der Waals surface area contributed by atoms with Crippen molar-refractivity contribution in [3.05, 3.63) is 28.8 Å². The number of nitrogens with two attached hydrogens (primary N) is 1. The predicted molar refractivity (Wildman–Crippen MR) is 95.6 cm³/mol. The van der Waals surface area contributed by atoms with E-state index in [0.717, 1.165) is 17.4 Å². The molecular formula is C19H26N2O3S. The second-order valence-corrected chi connectivity index (χ2v) is 9.92. The van der Waals surface area contributed by atoms with Crippen LogP contribution in [0.15, 0.2) is 17.0 Å². The zero-order chi connectivity index (χ0) is 17.9. The van der Waals surface area contributed by atoms with Gasteiger partial charge in [-0.25, -0.2) is 13.6 Å². The monoisotopic (exact) mass is 362 g/mol. The van der Waals surface area contributed by atoms with E-state index >= 15 is 0 Å². The van der Waals surface area contributed by atoms with Crippen molar-refractivity contribution in [1.82, 2.24) is 5.32 Å². The van der Waals surface area contributed by atoms with Crippen LogP contribution in [-0.4, -0.2) is 20.4 Å². The molecule has 0 saturated heterocycles. The molecule has 5 rings (SSSR count). The fourth-order valence-corrected chi connectivity index (χ4v) is 6.53. The average molecular weight is 362 g/mol. The summed E-state index contributed by atoms with van der Waals surface area (Å²) in [6, 6.07) is 3.42. The number of hydrogen-bond donors (Lipinski definition) is 2. The highest BCUT2D eigenvalue weighted by Crippen LogP contribution is 2.53. The highest BCUT2D eigenvalue weighted by molar-refractivity contribution is 7.89. The van der Waals surface area contributed by atoms with Gasteiger partial charge in [0.1, 0.15) is 0 Å². The average Bonchev–Trinajstić information content (AvgIpc) is 2.51. The van der Waals surface area contributed by atoms with Gasteiger partial charge in [-0.2, -0.15) is 0 Å². The quantitative estimate of drug-likeness (QED) is 0.866. The van der Waals surface area contributed by atoms with Crippen LogP contribution < -0.4 is 10.5 Å². The van der Waals surface area contributed by atoms with Gasteiger partial charge in [0, 0.05) is 11.6 Å². The largest absolute Gasteiger partial charge is 0.349 e. The summed E-state index contributed by atoms with van der Waals surface area (Å²) in [6.45, 7) is 3.53. The van der Waals surface area contributed by atoms with Gasteiger partial charge in [0.25, 0.3) is 5.91 Å². The Labute approximate surface area is 149 Å². The molecule has 4 aliphatic rings. The zero-order valence-electron chi connectivity index (χ0n) is 14.8. The number of rotatable bonds is 3. The third kappa shape index (κ3) is 2.99. The van der Waals surface area contributed by atoms with Gasteiger partial charge in [-0.05, 0) is 92.9 Å². The van der Waals surface area contributed by atoms with Crippen LogP contribution in [0.25, 0.3) is 0 Å². The Bertz CT molecular complexity index is 803. The van der Waals surface area contributed by atoms with E-state index in [1.165, 1.54) is 38.2 Å². The van der Waals surface area contributed by atoms with Crippen LogP contribution in [0.1, 0.15) is 53.6 Å². The van der Waals surface area contributed by atoms with Crippen LogP contribution in [-0.2, 0) is 10.0 Å². The molecule has 25 heavy (non-hydrogen) atoms. The second-order valence-electron chi connectivity index (χ2n) is 8.39. The van der Waals surface area contributed by atoms with E-state index in [-0.39, 0.29) is 16.8 Å². The lowest BCUT2D eigenvalue weighted by atomic mass is 9.54. The van der Waals surface area contributed by atoms with E-state index in [0.29, 0.717) is 23.0 Å². The Kier molecular flexibility index (Phi) is 3.96. The van der Waals surface area contributed by atoms with E-state index < -0.39 is 10.0 Å². The Hall–Kier alpha value is -1.40.